The van der Waals surface area contributed by atoms with Crippen LogP contribution in [0.4, 0.5) is 0 Å². The maximum Gasteiger partial charge on any atom is 0.326 e. The number of carbonyl (C=O) groups is 2. The Morgan fingerprint density at radius 1 is 1.20 bits per heavy atom. The second-order valence-electron chi connectivity index (χ2n) is 5.54. The molecule has 0 fully saturated rings. The molecular formula is C15H30N2O3. The number of aliphatic carboxylic acids is 1. The average molecular weight is 286 g/mol. The van der Waals surface area contributed by atoms with Crippen LogP contribution in [0.15, 0.2) is 0 Å². The van der Waals surface area contributed by atoms with E-state index in [9.17, 15) is 9.59 Å². The molecule has 118 valence electrons. The van der Waals surface area contributed by atoms with Crippen molar-refractivity contribution in [1.29, 1.82) is 0 Å². The van der Waals surface area contributed by atoms with Gasteiger partial charge in [-0.2, -0.15) is 0 Å². The molecule has 20 heavy (non-hydrogen) atoms. The lowest BCUT2D eigenvalue weighted by atomic mass is 9.94. The lowest BCUT2D eigenvalue weighted by Gasteiger charge is -2.21. The van der Waals surface area contributed by atoms with E-state index in [-0.39, 0.29) is 11.8 Å². The molecule has 1 amide bonds. The predicted octanol–water partition coefficient (Wildman–Crippen LogP) is 2.15. The standard InChI is InChI=1S/C15H30N2O3/c1-4-6-12(9-10-16)7-8-13(18)17-14(15(19)20)11(3)5-2/h11-12,14H,4-10,16H2,1-3H3,(H,17,18)(H,19,20)/t11-,12?,14-/m0/s1. The van der Waals surface area contributed by atoms with Gasteiger partial charge in [0.15, 0.2) is 0 Å². The first kappa shape index (κ1) is 18.9. The summed E-state index contributed by atoms with van der Waals surface area (Å²) in [6.45, 7) is 6.52. The fourth-order valence-electron chi connectivity index (χ4n) is 2.34. The van der Waals surface area contributed by atoms with E-state index in [0.29, 0.717) is 18.9 Å². The van der Waals surface area contributed by atoms with Gasteiger partial charge in [-0.05, 0) is 31.2 Å². The SMILES string of the molecule is CCCC(CCN)CCC(=O)N[C@H](C(=O)O)[C@@H](C)CC. The van der Waals surface area contributed by atoms with E-state index in [0.717, 1.165) is 32.1 Å². The maximum atomic E-state index is 11.9. The molecule has 0 spiro atoms. The van der Waals surface area contributed by atoms with Crippen LogP contribution in [0, 0.1) is 11.8 Å². The number of carbonyl (C=O) groups excluding carboxylic acids is 1. The van der Waals surface area contributed by atoms with E-state index in [1.807, 2.05) is 13.8 Å². The molecule has 0 saturated heterocycles. The summed E-state index contributed by atoms with van der Waals surface area (Å²) in [5, 5.41) is 11.8. The van der Waals surface area contributed by atoms with Gasteiger partial charge in [-0.1, -0.05) is 40.0 Å². The highest BCUT2D eigenvalue weighted by Gasteiger charge is 2.25. The van der Waals surface area contributed by atoms with E-state index in [1.54, 1.807) is 0 Å². The van der Waals surface area contributed by atoms with E-state index in [4.69, 9.17) is 10.8 Å². The summed E-state index contributed by atoms with van der Waals surface area (Å²) in [7, 11) is 0. The Bertz CT molecular complexity index is 289. The van der Waals surface area contributed by atoms with Gasteiger partial charge in [0.2, 0.25) is 5.91 Å². The first-order chi connectivity index (χ1) is 9.46. The van der Waals surface area contributed by atoms with Crippen LogP contribution >= 0.6 is 0 Å². The molecule has 0 aliphatic rings. The van der Waals surface area contributed by atoms with Crippen molar-refractivity contribution < 1.29 is 14.7 Å². The number of carboxylic acid groups (broad SMARTS) is 1. The van der Waals surface area contributed by atoms with Crippen LogP contribution in [-0.2, 0) is 9.59 Å². The van der Waals surface area contributed by atoms with Crippen molar-refractivity contribution in [2.45, 2.75) is 65.3 Å². The Morgan fingerprint density at radius 2 is 1.85 bits per heavy atom. The van der Waals surface area contributed by atoms with Gasteiger partial charge in [-0.15, -0.1) is 0 Å². The summed E-state index contributed by atoms with van der Waals surface area (Å²) < 4.78 is 0. The fourth-order valence-corrected chi connectivity index (χ4v) is 2.34. The quantitative estimate of drug-likeness (QED) is 0.542. The molecule has 0 heterocycles. The van der Waals surface area contributed by atoms with Gasteiger partial charge in [-0.3, -0.25) is 4.79 Å². The normalized spacial score (nSPS) is 15.4. The molecule has 0 aromatic carbocycles. The average Bonchev–Trinajstić information content (AvgIpc) is 2.41. The minimum atomic E-state index is -0.959. The summed E-state index contributed by atoms with van der Waals surface area (Å²) in [6, 6.07) is -0.786. The summed E-state index contributed by atoms with van der Waals surface area (Å²) in [5.41, 5.74) is 5.57. The highest BCUT2D eigenvalue weighted by atomic mass is 16.4. The van der Waals surface area contributed by atoms with Crippen LogP contribution in [0.25, 0.3) is 0 Å². The molecule has 5 heteroatoms. The first-order valence-corrected chi connectivity index (χ1v) is 7.68. The molecule has 0 rings (SSSR count). The third-order valence-corrected chi connectivity index (χ3v) is 3.85. The smallest absolute Gasteiger partial charge is 0.326 e. The predicted molar refractivity (Wildman–Crippen MR) is 80.3 cm³/mol. The van der Waals surface area contributed by atoms with Gasteiger partial charge in [0.1, 0.15) is 6.04 Å². The first-order valence-electron chi connectivity index (χ1n) is 7.68. The number of nitrogens with two attached hydrogens (primary N) is 1. The van der Waals surface area contributed by atoms with E-state index in [1.165, 1.54) is 0 Å². The minimum absolute atomic E-state index is 0.0630. The number of hydrogen-bond acceptors (Lipinski definition) is 3. The van der Waals surface area contributed by atoms with Gasteiger partial charge >= 0.3 is 5.97 Å². The molecule has 0 saturated carbocycles. The fraction of sp³-hybridized carbons (Fsp3) is 0.867. The zero-order chi connectivity index (χ0) is 15.5. The lowest BCUT2D eigenvalue weighted by molar-refractivity contribution is -0.143. The van der Waals surface area contributed by atoms with Gasteiger partial charge in [-0.25, -0.2) is 4.79 Å². The zero-order valence-electron chi connectivity index (χ0n) is 13.0. The molecule has 0 aliphatic carbocycles. The van der Waals surface area contributed by atoms with Crippen molar-refractivity contribution in [3.8, 4) is 0 Å². The molecule has 3 atom stereocenters. The molecule has 5 nitrogen and oxygen atoms in total. The second kappa shape index (κ2) is 10.7. The lowest BCUT2D eigenvalue weighted by Crippen LogP contribution is -2.45. The summed E-state index contributed by atoms with van der Waals surface area (Å²) >= 11 is 0. The van der Waals surface area contributed by atoms with Crippen LogP contribution in [0.2, 0.25) is 0 Å². The summed E-state index contributed by atoms with van der Waals surface area (Å²) in [4.78, 5) is 23.0. The van der Waals surface area contributed by atoms with Crippen LogP contribution in [-0.4, -0.2) is 29.6 Å². The van der Waals surface area contributed by atoms with Gasteiger partial charge in [0, 0.05) is 6.42 Å². The Hall–Kier alpha value is -1.10. The van der Waals surface area contributed by atoms with Crippen molar-refractivity contribution in [1.82, 2.24) is 5.32 Å². The Labute approximate surface area is 122 Å². The molecule has 1 unspecified atom stereocenters. The van der Waals surface area contributed by atoms with Crippen molar-refractivity contribution >= 4 is 11.9 Å². The topological polar surface area (TPSA) is 92.4 Å². The highest BCUT2D eigenvalue weighted by Crippen LogP contribution is 2.17. The van der Waals surface area contributed by atoms with Crippen molar-refractivity contribution in [3.63, 3.8) is 0 Å². The van der Waals surface area contributed by atoms with Crippen molar-refractivity contribution in [2.24, 2.45) is 17.6 Å². The largest absolute Gasteiger partial charge is 0.480 e. The molecule has 0 aliphatic heterocycles. The molecule has 4 N–H and O–H groups in total. The van der Waals surface area contributed by atoms with E-state index in [2.05, 4.69) is 12.2 Å². The molecular weight excluding hydrogens is 256 g/mol. The number of carboxylic acids is 1. The van der Waals surface area contributed by atoms with Gasteiger partial charge < -0.3 is 16.2 Å². The Kier molecular flexibility index (Phi) is 10.1. The maximum absolute atomic E-state index is 11.9. The third kappa shape index (κ3) is 7.48. The molecule has 0 radical (unpaired) electrons. The third-order valence-electron chi connectivity index (χ3n) is 3.85. The van der Waals surface area contributed by atoms with Crippen LogP contribution in [0.3, 0.4) is 0 Å². The molecule has 0 aromatic rings. The van der Waals surface area contributed by atoms with Crippen molar-refractivity contribution in [3.05, 3.63) is 0 Å². The monoisotopic (exact) mass is 286 g/mol. The van der Waals surface area contributed by atoms with Crippen LogP contribution in [0.1, 0.15) is 59.3 Å². The summed E-state index contributed by atoms with van der Waals surface area (Å²) in [6.07, 6.45) is 4.96. The number of amides is 1. The van der Waals surface area contributed by atoms with Crippen LogP contribution in [0.5, 0.6) is 0 Å². The number of rotatable bonds is 11. The van der Waals surface area contributed by atoms with Crippen molar-refractivity contribution in [2.75, 3.05) is 6.54 Å². The zero-order valence-corrected chi connectivity index (χ0v) is 13.0. The summed E-state index contributed by atoms with van der Waals surface area (Å²) in [5.74, 6) is -0.731. The number of nitrogens with one attached hydrogen (secondary N) is 1. The molecule has 0 aromatic heterocycles. The Balaban J connectivity index is 4.27. The second-order valence-corrected chi connectivity index (χ2v) is 5.54. The Morgan fingerprint density at radius 3 is 2.30 bits per heavy atom. The number of hydrogen-bond donors (Lipinski definition) is 3. The minimum Gasteiger partial charge on any atom is -0.480 e. The van der Waals surface area contributed by atoms with Crippen LogP contribution < -0.4 is 11.1 Å². The van der Waals surface area contributed by atoms with E-state index >= 15 is 0 Å². The highest BCUT2D eigenvalue weighted by molar-refractivity contribution is 5.83. The van der Waals surface area contributed by atoms with E-state index < -0.39 is 12.0 Å². The van der Waals surface area contributed by atoms with Gasteiger partial charge in [0.25, 0.3) is 0 Å². The molecule has 0 bridgehead atoms. The van der Waals surface area contributed by atoms with Gasteiger partial charge in [0.05, 0.1) is 0 Å².